The highest BCUT2D eigenvalue weighted by Gasteiger charge is 2.13. The molecule has 0 radical (unpaired) electrons. The number of halogens is 1. The lowest BCUT2D eigenvalue weighted by Crippen LogP contribution is -2.35. The summed E-state index contributed by atoms with van der Waals surface area (Å²) in [7, 11) is 1.67. The molecule has 1 amide bonds. The van der Waals surface area contributed by atoms with Crippen LogP contribution < -0.4 is 10.2 Å². The third kappa shape index (κ3) is 5.63. The molecule has 1 N–H and O–H groups in total. The molecule has 0 aromatic heterocycles. The van der Waals surface area contributed by atoms with Crippen molar-refractivity contribution < 1.29 is 14.3 Å². The van der Waals surface area contributed by atoms with Crippen LogP contribution in [0.2, 0.25) is 0 Å². The Balaban J connectivity index is 1.66. The Kier molecular flexibility index (Phi) is 6.98. The van der Waals surface area contributed by atoms with Gasteiger partial charge in [0.25, 0.3) is 5.91 Å². The van der Waals surface area contributed by atoms with E-state index in [-0.39, 0.29) is 5.91 Å². The number of hydrazone groups is 1. The predicted molar refractivity (Wildman–Crippen MR) is 108 cm³/mol. The number of morpholine rings is 1. The van der Waals surface area contributed by atoms with E-state index < -0.39 is 0 Å². The minimum atomic E-state index is -0.255. The summed E-state index contributed by atoms with van der Waals surface area (Å²) < 4.78 is 11.7. The van der Waals surface area contributed by atoms with Crippen molar-refractivity contribution in [3.05, 3.63) is 63.6 Å². The Bertz CT molecular complexity index is 820. The lowest BCUT2D eigenvalue weighted by atomic mass is 10.1. The van der Waals surface area contributed by atoms with Crippen LogP contribution in [0, 0.1) is 0 Å². The summed E-state index contributed by atoms with van der Waals surface area (Å²) in [6.45, 7) is 4.11. The Hall–Kier alpha value is -2.22. The topological polar surface area (TPSA) is 63.2 Å². The van der Waals surface area contributed by atoms with Crippen molar-refractivity contribution in [2.75, 3.05) is 33.4 Å². The predicted octanol–water partition coefficient (Wildman–Crippen LogP) is 3.05. The summed E-state index contributed by atoms with van der Waals surface area (Å²) in [4.78, 5) is 14.5. The maximum absolute atomic E-state index is 12.1. The summed E-state index contributed by atoms with van der Waals surface area (Å²) in [5, 5.41) is 4.08. The molecule has 0 spiro atoms. The molecular weight excluding hydrogens is 410 g/mol. The zero-order valence-electron chi connectivity index (χ0n) is 15.2. The van der Waals surface area contributed by atoms with E-state index in [9.17, 15) is 4.79 Å². The third-order valence-electron chi connectivity index (χ3n) is 4.27. The number of hydrogen-bond donors (Lipinski definition) is 1. The Morgan fingerprint density at radius 1 is 1.30 bits per heavy atom. The van der Waals surface area contributed by atoms with Crippen molar-refractivity contribution in [3.63, 3.8) is 0 Å². The number of methoxy groups -OCH3 is 1. The van der Waals surface area contributed by atoms with Gasteiger partial charge in [0.05, 0.1) is 26.5 Å². The molecule has 2 aromatic rings. The monoisotopic (exact) mass is 431 g/mol. The van der Waals surface area contributed by atoms with Gasteiger partial charge in [-0.2, -0.15) is 5.10 Å². The number of amides is 1. The fourth-order valence-electron chi connectivity index (χ4n) is 2.86. The number of hydrogen-bond acceptors (Lipinski definition) is 5. The van der Waals surface area contributed by atoms with Gasteiger partial charge in [-0.1, -0.05) is 22.0 Å². The second kappa shape index (κ2) is 9.64. The SMILES string of the molecule is COc1ccc(C=NNC(=O)c2cccc(Br)c2)cc1CN1CCOCC1. The molecular formula is C20H22BrN3O3. The van der Waals surface area contributed by atoms with Gasteiger partial charge in [-0.3, -0.25) is 9.69 Å². The Morgan fingerprint density at radius 3 is 2.85 bits per heavy atom. The van der Waals surface area contributed by atoms with Crippen LogP contribution in [0.4, 0.5) is 0 Å². The molecule has 1 saturated heterocycles. The van der Waals surface area contributed by atoms with Gasteiger partial charge in [0, 0.05) is 35.2 Å². The van der Waals surface area contributed by atoms with E-state index in [4.69, 9.17) is 9.47 Å². The van der Waals surface area contributed by atoms with Gasteiger partial charge in [-0.25, -0.2) is 5.43 Å². The van der Waals surface area contributed by atoms with Crippen LogP contribution in [-0.4, -0.2) is 50.4 Å². The number of carbonyl (C=O) groups excluding carboxylic acids is 1. The van der Waals surface area contributed by atoms with E-state index in [0.717, 1.165) is 54.2 Å². The van der Waals surface area contributed by atoms with E-state index in [1.807, 2.05) is 30.3 Å². The van der Waals surface area contributed by atoms with Crippen molar-refractivity contribution >= 4 is 28.1 Å². The average Bonchev–Trinajstić information content (AvgIpc) is 2.69. The van der Waals surface area contributed by atoms with Gasteiger partial charge in [0.1, 0.15) is 5.75 Å². The van der Waals surface area contributed by atoms with E-state index in [0.29, 0.717) is 5.56 Å². The number of carbonyl (C=O) groups is 1. The standard InChI is InChI=1S/C20H22BrN3O3/c1-26-19-6-5-15(11-17(19)14-24-7-9-27-10-8-24)13-22-23-20(25)16-3-2-4-18(21)12-16/h2-6,11-13H,7-10,14H2,1H3,(H,23,25). The molecule has 0 saturated carbocycles. The maximum atomic E-state index is 12.1. The molecule has 2 aromatic carbocycles. The van der Waals surface area contributed by atoms with Crippen molar-refractivity contribution in [1.82, 2.24) is 10.3 Å². The lowest BCUT2D eigenvalue weighted by Gasteiger charge is -2.27. The molecule has 1 aliphatic rings. The second-order valence-corrected chi connectivity index (χ2v) is 7.08. The summed E-state index contributed by atoms with van der Waals surface area (Å²) in [6, 6.07) is 13.0. The number of nitrogens with one attached hydrogen (secondary N) is 1. The third-order valence-corrected chi connectivity index (χ3v) is 4.76. The van der Waals surface area contributed by atoms with E-state index in [2.05, 4.69) is 31.4 Å². The quantitative estimate of drug-likeness (QED) is 0.563. The Morgan fingerprint density at radius 2 is 2.11 bits per heavy atom. The van der Waals surface area contributed by atoms with Gasteiger partial charge in [0.15, 0.2) is 0 Å². The normalized spacial score (nSPS) is 15.0. The first-order chi connectivity index (χ1) is 13.2. The number of benzene rings is 2. The number of rotatable bonds is 6. The first kappa shape index (κ1) is 19.5. The average molecular weight is 432 g/mol. The highest BCUT2D eigenvalue weighted by molar-refractivity contribution is 9.10. The zero-order valence-corrected chi connectivity index (χ0v) is 16.7. The Labute approximate surface area is 167 Å². The van der Waals surface area contributed by atoms with Gasteiger partial charge < -0.3 is 9.47 Å². The molecule has 1 aliphatic heterocycles. The fourth-order valence-corrected chi connectivity index (χ4v) is 3.26. The summed E-state index contributed by atoms with van der Waals surface area (Å²) >= 11 is 3.36. The molecule has 6 nitrogen and oxygen atoms in total. The molecule has 3 rings (SSSR count). The van der Waals surface area contributed by atoms with Gasteiger partial charge in [-0.05, 0) is 42.0 Å². The first-order valence-electron chi connectivity index (χ1n) is 8.71. The first-order valence-corrected chi connectivity index (χ1v) is 9.51. The van der Waals surface area contributed by atoms with Crippen LogP contribution in [0.3, 0.4) is 0 Å². The van der Waals surface area contributed by atoms with Gasteiger partial charge >= 0.3 is 0 Å². The molecule has 27 heavy (non-hydrogen) atoms. The van der Waals surface area contributed by atoms with Crippen LogP contribution in [0.15, 0.2) is 52.0 Å². The largest absolute Gasteiger partial charge is 0.496 e. The second-order valence-electron chi connectivity index (χ2n) is 6.17. The smallest absolute Gasteiger partial charge is 0.271 e. The number of nitrogens with zero attached hydrogens (tertiary/aromatic N) is 2. The zero-order chi connectivity index (χ0) is 19.1. The molecule has 1 heterocycles. The van der Waals surface area contributed by atoms with Crippen LogP contribution in [0.1, 0.15) is 21.5 Å². The molecule has 1 fully saturated rings. The fraction of sp³-hybridized carbons (Fsp3) is 0.300. The maximum Gasteiger partial charge on any atom is 0.271 e. The van der Waals surface area contributed by atoms with E-state index in [1.165, 1.54) is 0 Å². The highest BCUT2D eigenvalue weighted by Crippen LogP contribution is 2.21. The number of ether oxygens (including phenoxy) is 2. The summed E-state index contributed by atoms with van der Waals surface area (Å²) in [5.74, 6) is 0.589. The van der Waals surface area contributed by atoms with Crippen molar-refractivity contribution in [3.8, 4) is 5.75 Å². The van der Waals surface area contributed by atoms with Crippen molar-refractivity contribution in [2.24, 2.45) is 5.10 Å². The van der Waals surface area contributed by atoms with Crippen LogP contribution in [0.25, 0.3) is 0 Å². The van der Waals surface area contributed by atoms with E-state index >= 15 is 0 Å². The molecule has 0 aliphatic carbocycles. The molecule has 0 atom stereocenters. The van der Waals surface area contributed by atoms with Crippen LogP contribution in [-0.2, 0) is 11.3 Å². The summed E-state index contributed by atoms with van der Waals surface area (Å²) in [6.07, 6.45) is 1.64. The van der Waals surface area contributed by atoms with Crippen LogP contribution in [0.5, 0.6) is 5.75 Å². The molecule has 0 unspecified atom stereocenters. The van der Waals surface area contributed by atoms with Crippen LogP contribution >= 0.6 is 15.9 Å². The highest BCUT2D eigenvalue weighted by atomic mass is 79.9. The van der Waals surface area contributed by atoms with E-state index in [1.54, 1.807) is 25.5 Å². The van der Waals surface area contributed by atoms with Crippen molar-refractivity contribution in [2.45, 2.75) is 6.54 Å². The molecule has 0 bridgehead atoms. The lowest BCUT2D eigenvalue weighted by molar-refractivity contribution is 0.0339. The molecule has 142 valence electrons. The van der Waals surface area contributed by atoms with Gasteiger partial charge in [0.2, 0.25) is 0 Å². The summed E-state index contributed by atoms with van der Waals surface area (Å²) in [5.41, 5.74) is 5.08. The van der Waals surface area contributed by atoms with Gasteiger partial charge in [-0.15, -0.1) is 0 Å². The van der Waals surface area contributed by atoms with Crippen molar-refractivity contribution in [1.29, 1.82) is 0 Å². The minimum absolute atomic E-state index is 0.255. The minimum Gasteiger partial charge on any atom is -0.496 e. The molecule has 7 heteroatoms.